The van der Waals surface area contributed by atoms with E-state index >= 15 is 0 Å². The van der Waals surface area contributed by atoms with Gasteiger partial charge in [0.15, 0.2) is 23.0 Å². The van der Waals surface area contributed by atoms with Crippen molar-refractivity contribution in [3.8, 4) is 23.0 Å². The SMILES string of the molecule is COc1cc(C(=O)N2CCC(C(=O)Nc3ccc4c(c3)OCO4)CC2)ccc1OCc1ccccc1. The third-order valence-corrected chi connectivity index (χ3v) is 6.44. The summed E-state index contributed by atoms with van der Waals surface area (Å²) in [5.74, 6) is 2.09. The molecule has 3 aromatic rings. The summed E-state index contributed by atoms with van der Waals surface area (Å²) in [5, 5.41) is 2.95. The Morgan fingerprint density at radius 2 is 1.72 bits per heavy atom. The number of piperidine rings is 1. The van der Waals surface area contributed by atoms with Crippen molar-refractivity contribution in [1.29, 1.82) is 0 Å². The Morgan fingerprint density at radius 1 is 0.944 bits per heavy atom. The van der Waals surface area contributed by atoms with Gasteiger partial charge in [-0.1, -0.05) is 30.3 Å². The van der Waals surface area contributed by atoms with Crippen molar-refractivity contribution in [2.24, 2.45) is 5.92 Å². The van der Waals surface area contributed by atoms with E-state index in [1.165, 1.54) is 0 Å². The molecule has 36 heavy (non-hydrogen) atoms. The summed E-state index contributed by atoms with van der Waals surface area (Å²) < 4.78 is 22.1. The normalized spacial score (nSPS) is 14.9. The molecule has 8 heteroatoms. The van der Waals surface area contributed by atoms with Gasteiger partial charge in [-0.3, -0.25) is 9.59 Å². The molecule has 186 valence electrons. The Kier molecular flexibility index (Phi) is 6.93. The summed E-state index contributed by atoms with van der Waals surface area (Å²) in [6, 6.07) is 20.4. The van der Waals surface area contributed by atoms with Gasteiger partial charge in [0, 0.05) is 36.3 Å². The van der Waals surface area contributed by atoms with E-state index < -0.39 is 0 Å². The number of carbonyl (C=O) groups excluding carboxylic acids is 2. The number of ether oxygens (including phenoxy) is 4. The number of benzene rings is 3. The Hall–Kier alpha value is -4.20. The predicted octanol–water partition coefficient (Wildman–Crippen LogP) is 4.49. The fraction of sp³-hybridized carbons (Fsp3) is 0.286. The van der Waals surface area contributed by atoms with E-state index in [-0.39, 0.29) is 24.5 Å². The van der Waals surface area contributed by atoms with E-state index in [1.807, 2.05) is 30.3 Å². The Balaban J connectivity index is 1.16. The molecule has 3 aromatic carbocycles. The van der Waals surface area contributed by atoms with Crippen molar-refractivity contribution in [3.05, 3.63) is 77.9 Å². The van der Waals surface area contributed by atoms with Gasteiger partial charge in [0.25, 0.3) is 5.91 Å². The summed E-state index contributed by atoms with van der Waals surface area (Å²) >= 11 is 0. The van der Waals surface area contributed by atoms with Crippen LogP contribution in [0.1, 0.15) is 28.8 Å². The molecule has 0 aromatic heterocycles. The number of nitrogens with zero attached hydrogens (tertiary/aromatic N) is 1. The van der Waals surface area contributed by atoms with Crippen LogP contribution in [-0.2, 0) is 11.4 Å². The van der Waals surface area contributed by atoms with Crippen LogP contribution in [-0.4, -0.2) is 43.7 Å². The van der Waals surface area contributed by atoms with E-state index in [2.05, 4.69) is 5.32 Å². The molecule has 0 unspecified atom stereocenters. The van der Waals surface area contributed by atoms with E-state index in [0.29, 0.717) is 66.8 Å². The number of nitrogens with one attached hydrogen (secondary N) is 1. The summed E-state index contributed by atoms with van der Waals surface area (Å²) in [5.41, 5.74) is 2.25. The molecule has 0 atom stereocenters. The van der Waals surface area contributed by atoms with Gasteiger partial charge in [0.2, 0.25) is 12.7 Å². The lowest BCUT2D eigenvalue weighted by molar-refractivity contribution is -0.121. The fourth-order valence-electron chi connectivity index (χ4n) is 4.40. The van der Waals surface area contributed by atoms with Crippen LogP contribution in [0.15, 0.2) is 66.7 Å². The number of amides is 2. The van der Waals surface area contributed by atoms with Gasteiger partial charge in [-0.25, -0.2) is 0 Å². The van der Waals surface area contributed by atoms with Gasteiger partial charge in [0.1, 0.15) is 6.61 Å². The molecule has 0 aliphatic carbocycles. The predicted molar refractivity (Wildman–Crippen MR) is 134 cm³/mol. The lowest BCUT2D eigenvalue weighted by Gasteiger charge is -2.31. The van der Waals surface area contributed by atoms with E-state index in [9.17, 15) is 9.59 Å². The molecular formula is C28H28N2O6. The van der Waals surface area contributed by atoms with Crippen LogP contribution >= 0.6 is 0 Å². The van der Waals surface area contributed by atoms with Crippen LogP contribution in [0.4, 0.5) is 5.69 Å². The van der Waals surface area contributed by atoms with E-state index in [4.69, 9.17) is 18.9 Å². The minimum atomic E-state index is -0.164. The van der Waals surface area contributed by atoms with Gasteiger partial charge in [0.05, 0.1) is 7.11 Å². The van der Waals surface area contributed by atoms with Crippen LogP contribution in [0.3, 0.4) is 0 Å². The summed E-state index contributed by atoms with van der Waals surface area (Å²) in [7, 11) is 1.56. The van der Waals surface area contributed by atoms with Crippen LogP contribution in [0.2, 0.25) is 0 Å². The highest BCUT2D eigenvalue weighted by Gasteiger charge is 2.28. The molecule has 0 bridgehead atoms. The van der Waals surface area contributed by atoms with Gasteiger partial charge in [-0.05, 0) is 48.7 Å². The van der Waals surface area contributed by atoms with Crippen molar-refractivity contribution < 1.29 is 28.5 Å². The molecule has 1 fully saturated rings. The maximum atomic E-state index is 13.1. The minimum Gasteiger partial charge on any atom is -0.493 e. The average molecular weight is 489 g/mol. The topological polar surface area (TPSA) is 86.3 Å². The lowest BCUT2D eigenvalue weighted by Crippen LogP contribution is -2.41. The molecule has 0 saturated carbocycles. The smallest absolute Gasteiger partial charge is 0.253 e. The number of rotatable bonds is 7. The molecule has 0 spiro atoms. The van der Waals surface area contributed by atoms with Crippen molar-refractivity contribution in [2.45, 2.75) is 19.4 Å². The zero-order valence-electron chi connectivity index (χ0n) is 20.1. The zero-order valence-corrected chi connectivity index (χ0v) is 20.1. The van der Waals surface area contributed by atoms with Crippen molar-refractivity contribution >= 4 is 17.5 Å². The van der Waals surface area contributed by atoms with Crippen molar-refractivity contribution in [2.75, 3.05) is 32.3 Å². The van der Waals surface area contributed by atoms with Crippen LogP contribution < -0.4 is 24.3 Å². The third kappa shape index (κ3) is 5.22. The van der Waals surface area contributed by atoms with Gasteiger partial charge >= 0.3 is 0 Å². The first kappa shape index (κ1) is 23.5. The lowest BCUT2D eigenvalue weighted by atomic mass is 9.95. The van der Waals surface area contributed by atoms with Crippen molar-refractivity contribution in [1.82, 2.24) is 4.90 Å². The second kappa shape index (κ2) is 10.6. The number of hydrogen-bond donors (Lipinski definition) is 1. The van der Waals surface area contributed by atoms with E-state index in [1.54, 1.807) is 48.4 Å². The fourth-order valence-corrected chi connectivity index (χ4v) is 4.40. The number of hydrogen-bond acceptors (Lipinski definition) is 6. The highest BCUT2D eigenvalue weighted by Crippen LogP contribution is 2.35. The number of fused-ring (bicyclic) bond motifs is 1. The first-order chi connectivity index (χ1) is 17.6. The summed E-state index contributed by atoms with van der Waals surface area (Å²) in [6.45, 7) is 1.61. The van der Waals surface area contributed by atoms with Crippen LogP contribution in [0.5, 0.6) is 23.0 Å². The highest BCUT2D eigenvalue weighted by molar-refractivity contribution is 5.96. The van der Waals surface area contributed by atoms with Crippen molar-refractivity contribution in [3.63, 3.8) is 0 Å². The monoisotopic (exact) mass is 488 g/mol. The number of carbonyl (C=O) groups is 2. The first-order valence-corrected chi connectivity index (χ1v) is 12.0. The van der Waals surface area contributed by atoms with Gasteiger partial charge in [-0.15, -0.1) is 0 Å². The molecule has 1 N–H and O–H groups in total. The zero-order chi connectivity index (χ0) is 24.9. The molecule has 2 aliphatic rings. The molecule has 0 radical (unpaired) electrons. The first-order valence-electron chi connectivity index (χ1n) is 12.0. The third-order valence-electron chi connectivity index (χ3n) is 6.44. The molecule has 1 saturated heterocycles. The molecule has 2 aliphatic heterocycles. The standard InChI is InChI=1S/C28H28N2O6/c1-33-25-15-21(7-9-23(25)34-17-19-5-3-2-4-6-19)28(32)30-13-11-20(12-14-30)27(31)29-22-8-10-24-26(16-22)36-18-35-24/h2-10,15-16,20H,11-14,17-18H2,1H3,(H,29,31). The van der Waals surface area contributed by atoms with Gasteiger partial charge in [-0.2, -0.15) is 0 Å². The summed E-state index contributed by atoms with van der Waals surface area (Å²) in [6.07, 6.45) is 1.19. The Morgan fingerprint density at radius 3 is 2.50 bits per heavy atom. The molecule has 2 amide bonds. The van der Waals surface area contributed by atoms with Crippen LogP contribution in [0, 0.1) is 5.92 Å². The summed E-state index contributed by atoms with van der Waals surface area (Å²) in [4.78, 5) is 27.7. The number of likely N-dealkylation sites (tertiary alicyclic amines) is 1. The minimum absolute atomic E-state index is 0.0532. The van der Waals surface area contributed by atoms with Crippen LogP contribution in [0.25, 0.3) is 0 Å². The molecule has 2 heterocycles. The largest absolute Gasteiger partial charge is 0.493 e. The maximum absolute atomic E-state index is 13.1. The molecule has 5 rings (SSSR count). The number of methoxy groups -OCH3 is 1. The highest BCUT2D eigenvalue weighted by atomic mass is 16.7. The molecular weight excluding hydrogens is 460 g/mol. The maximum Gasteiger partial charge on any atom is 0.253 e. The van der Waals surface area contributed by atoms with Gasteiger partial charge < -0.3 is 29.2 Å². The quantitative estimate of drug-likeness (QED) is 0.527. The molecule has 8 nitrogen and oxygen atoms in total. The number of anilines is 1. The second-order valence-corrected chi connectivity index (χ2v) is 8.76. The second-order valence-electron chi connectivity index (χ2n) is 8.76. The average Bonchev–Trinajstić information content (AvgIpc) is 3.40. The Labute approximate surface area is 209 Å². The Bertz CT molecular complexity index is 1240. The van der Waals surface area contributed by atoms with E-state index in [0.717, 1.165) is 5.56 Å².